The lowest BCUT2D eigenvalue weighted by Gasteiger charge is -2.16. The summed E-state index contributed by atoms with van der Waals surface area (Å²) in [7, 11) is 2.67. The maximum absolute atomic E-state index is 13.7. The molecular weight excluding hydrogens is 1290 g/mol. The topological polar surface area (TPSA) is 279 Å². The van der Waals surface area contributed by atoms with Crippen molar-refractivity contribution < 1.29 is 75.7 Å². The summed E-state index contributed by atoms with van der Waals surface area (Å²) in [6.07, 6.45) is -1.57. The van der Waals surface area contributed by atoms with Crippen LogP contribution in [0.4, 0.5) is 17.6 Å². The molecule has 0 aliphatic carbocycles. The van der Waals surface area contributed by atoms with Gasteiger partial charge < -0.3 is 60.0 Å². The van der Waals surface area contributed by atoms with Crippen LogP contribution in [0, 0.1) is 51.0 Å². The number of aromatic amines is 2. The molecule has 2 heterocycles. The van der Waals surface area contributed by atoms with Gasteiger partial charge in [0.15, 0.2) is 46.3 Å². The number of nitrogens with two attached hydrogens (primary N) is 1. The first kappa shape index (κ1) is 79.1. The molecule has 8 N–H and O–H groups in total. The molecule has 4 atom stereocenters. The Balaban J connectivity index is 0.000000226. The Morgan fingerprint density at radius 3 is 1.08 bits per heavy atom. The molecule has 0 aliphatic heterocycles. The number of H-pyrrole nitrogens is 2. The maximum Gasteiger partial charge on any atom is 0.337 e. The summed E-state index contributed by atoms with van der Waals surface area (Å²) >= 11 is 0. The summed E-state index contributed by atoms with van der Waals surface area (Å²) in [4.78, 5) is 74.1. The number of aromatic hydroxyl groups is 1. The second kappa shape index (κ2) is 39.6. The lowest BCUT2D eigenvalue weighted by Crippen LogP contribution is -2.27. The fraction of sp³-hybridized carbons (Fsp3) is 0.205. The van der Waals surface area contributed by atoms with Crippen LogP contribution >= 0.6 is 0 Å². The molecule has 1 amide bonds. The third-order valence-electron chi connectivity index (χ3n) is 14.8. The number of hydrogen-bond acceptors (Lipinski definition) is 14. The normalized spacial score (nSPS) is 11.4. The second-order valence-electron chi connectivity index (χ2n) is 22.2. The van der Waals surface area contributed by atoms with E-state index in [1.807, 2.05) is 53.7 Å². The van der Waals surface area contributed by atoms with Crippen LogP contribution in [0.3, 0.4) is 0 Å². The molecule has 10 rings (SSSR count). The minimum Gasteiger partial charge on any atom is -0.505 e. The fourth-order valence-corrected chi connectivity index (χ4v) is 9.18. The van der Waals surface area contributed by atoms with Crippen LogP contribution in [0.25, 0.3) is 0 Å². The molecule has 0 spiro atoms. The van der Waals surface area contributed by atoms with E-state index in [-0.39, 0.29) is 82.4 Å². The molecule has 8 aromatic carbocycles. The smallest absolute Gasteiger partial charge is 0.337 e. The Morgan fingerprint density at radius 1 is 0.460 bits per heavy atom. The zero-order valence-corrected chi connectivity index (χ0v) is 56.8. The standard InChI is InChI=1S/C23H23FN2O3.C16H15FO3.C15H13FO3.C10H12O3.C8H12N2O.C6H5FO/c1-14-12-15(2)26-23(28)19(14)13-25-22(27)18-10-8-17(9-11-18)16(3)29-21-7-5-4-6-20(21)24;1-11(20-15-6-4-3-5-14(15)17)12-7-9-13(10-8-12)16(18)19-2;1-10(19-14-5-3-2-4-13(14)16)11-6-8-12(9-7-11)15(17)18;1-7(11)8-3-5-9(6-4-8)10(12)13-2;1-5-3-6(2)10-8(11)7(5)4-9;7-5-3-1-2-4-6(5)8/h4-12,16H,13H2,1-3H3,(H,25,27)(H,26,28);3-11H,1-2H3;2-10H,1H3,(H,17,18);3-7,11H,1-2H3;3H,4,9H2,1-2H3,(H,10,11);1-4,8H. The van der Waals surface area contributed by atoms with Crippen LogP contribution in [0.2, 0.25) is 0 Å². The molecule has 0 saturated carbocycles. The van der Waals surface area contributed by atoms with Crippen molar-refractivity contribution in [2.24, 2.45) is 5.73 Å². The molecule has 10 aromatic rings. The number of aromatic carboxylic acids is 1. The number of aromatic nitrogens is 2. The van der Waals surface area contributed by atoms with E-state index >= 15 is 0 Å². The largest absolute Gasteiger partial charge is 0.505 e. The minimum absolute atomic E-state index is 0.0648. The number of carbonyl (C=O) groups is 4. The first-order chi connectivity index (χ1) is 47.6. The number of pyridine rings is 2. The number of nitrogens with one attached hydrogen (secondary N) is 3. The van der Waals surface area contributed by atoms with Gasteiger partial charge in [0.05, 0.1) is 37.0 Å². The Bertz CT molecular complexity index is 4390. The molecule has 0 saturated heterocycles. The Hall–Kier alpha value is -11.6. The number of halogens is 4. The molecule has 0 fully saturated rings. The van der Waals surface area contributed by atoms with Crippen molar-refractivity contribution in [2.45, 2.75) is 92.9 Å². The van der Waals surface area contributed by atoms with Gasteiger partial charge in [-0.3, -0.25) is 14.4 Å². The molecular formula is C78H80F4N4O14. The monoisotopic (exact) mass is 1370 g/mol. The summed E-state index contributed by atoms with van der Waals surface area (Å²) in [6, 6.07) is 54.8. The van der Waals surface area contributed by atoms with E-state index < -0.39 is 35.3 Å². The number of para-hydroxylation sites is 4. The number of rotatable bonds is 17. The van der Waals surface area contributed by atoms with Crippen molar-refractivity contribution >= 4 is 23.8 Å². The third-order valence-corrected chi connectivity index (χ3v) is 14.8. The number of ether oxygens (including phenoxy) is 5. The molecule has 0 bridgehead atoms. The van der Waals surface area contributed by atoms with Gasteiger partial charge in [-0.05, 0) is 198 Å². The summed E-state index contributed by atoms with van der Waals surface area (Å²) in [5.74, 6) is -3.56. The van der Waals surface area contributed by atoms with Gasteiger partial charge in [0.25, 0.3) is 17.0 Å². The number of carboxylic acids is 1. The first-order valence-corrected chi connectivity index (χ1v) is 31.2. The SMILES string of the molecule is CC(Oc1ccccc1F)c1ccc(C(=O)O)cc1.COC(=O)c1ccc(C(C)O)cc1.COC(=O)c1ccc(C(C)Oc2ccccc2F)cc1.Cc1cc(C)c(CN)c(=O)[nH]1.Cc1cc(C)c(CNC(=O)c2ccc(C(C)Oc3ccccc3F)cc2)c(=O)[nH]1.Oc1ccccc1F. The van der Waals surface area contributed by atoms with E-state index in [0.29, 0.717) is 34.4 Å². The number of aryl methyl sites for hydroxylation is 4. The highest BCUT2D eigenvalue weighted by Gasteiger charge is 2.17. The number of hydrogen-bond donors (Lipinski definition) is 7. The first-order valence-electron chi connectivity index (χ1n) is 31.2. The average Bonchev–Trinajstić information content (AvgIpc) is 0.872. The third kappa shape index (κ3) is 24.8. The highest BCUT2D eigenvalue weighted by molar-refractivity contribution is 5.94. The predicted octanol–water partition coefficient (Wildman–Crippen LogP) is 15.1. The van der Waals surface area contributed by atoms with Crippen LogP contribution in [0.5, 0.6) is 23.0 Å². The van der Waals surface area contributed by atoms with E-state index in [1.165, 1.54) is 62.8 Å². The summed E-state index contributed by atoms with van der Waals surface area (Å²) in [5.41, 5.74) is 14.7. The number of phenols is 1. The van der Waals surface area contributed by atoms with E-state index in [1.54, 1.807) is 159 Å². The number of benzene rings is 8. The van der Waals surface area contributed by atoms with Crippen LogP contribution < -0.4 is 36.4 Å². The van der Waals surface area contributed by atoms with E-state index in [0.717, 1.165) is 44.8 Å². The van der Waals surface area contributed by atoms with Crippen LogP contribution in [-0.4, -0.2) is 63.3 Å². The molecule has 0 radical (unpaired) electrons. The molecule has 0 aliphatic rings. The number of phenolic OH excluding ortho intramolecular Hbond substituents is 1. The van der Waals surface area contributed by atoms with E-state index in [9.17, 15) is 51.4 Å². The van der Waals surface area contributed by atoms with Crippen LogP contribution in [0.15, 0.2) is 216 Å². The quantitative estimate of drug-likeness (QED) is 0.0330. The van der Waals surface area contributed by atoms with Crippen molar-refractivity contribution in [3.8, 4) is 23.0 Å². The van der Waals surface area contributed by atoms with Gasteiger partial charge in [0, 0.05) is 41.2 Å². The number of amides is 1. The minimum atomic E-state index is -0.978. The van der Waals surface area contributed by atoms with Gasteiger partial charge in [0.2, 0.25) is 0 Å². The van der Waals surface area contributed by atoms with Gasteiger partial charge >= 0.3 is 17.9 Å². The average molecular weight is 1370 g/mol. The van der Waals surface area contributed by atoms with E-state index in [4.69, 9.17) is 30.2 Å². The maximum atomic E-state index is 13.7. The number of carboxylic acid groups (broad SMARTS) is 1. The summed E-state index contributed by atoms with van der Waals surface area (Å²) in [6.45, 7) is 14.9. The number of methoxy groups -OCH3 is 2. The second-order valence-corrected chi connectivity index (χ2v) is 22.2. The molecule has 100 heavy (non-hydrogen) atoms. The lowest BCUT2D eigenvalue weighted by molar-refractivity contribution is 0.0591. The van der Waals surface area contributed by atoms with E-state index in [2.05, 4.69) is 24.8 Å². The van der Waals surface area contributed by atoms with Gasteiger partial charge in [-0.2, -0.15) is 0 Å². The molecule has 18 nitrogen and oxygen atoms in total. The molecule has 524 valence electrons. The highest BCUT2D eigenvalue weighted by Crippen LogP contribution is 2.28. The van der Waals surface area contributed by atoms with Crippen molar-refractivity contribution in [2.75, 3.05) is 14.2 Å². The zero-order valence-electron chi connectivity index (χ0n) is 56.8. The van der Waals surface area contributed by atoms with Crippen molar-refractivity contribution in [1.82, 2.24) is 15.3 Å². The lowest BCUT2D eigenvalue weighted by atomic mass is 10.1. The Kier molecular flexibility index (Phi) is 31.3. The summed E-state index contributed by atoms with van der Waals surface area (Å²) in [5, 5.41) is 29.3. The van der Waals surface area contributed by atoms with Gasteiger partial charge in [-0.15, -0.1) is 0 Å². The Morgan fingerprint density at radius 2 is 0.780 bits per heavy atom. The number of aliphatic hydroxyl groups is 1. The molecule has 4 unspecified atom stereocenters. The number of carbonyl (C=O) groups excluding carboxylic acids is 3. The summed E-state index contributed by atoms with van der Waals surface area (Å²) < 4.78 is 78.6. The Labute approximate surface area is 576 Å². The van der Waals surface area contributed by atoms with Gasteiger partial charge in [-0.25, -0.2) is 31.9 Å². The highest BCUT2D eigenvalue weighted by atomic mass is 19.1. The van der Waals surface area contributed by atoms with Crippen LogP contribution in [-0.2, 0) is 22.6 Å². The van der Waals surface area contributed by atoms with Crippen molar-refractivity contribution in [1.29, 1.82) is 0 Å². The van der Waals surface area contributed by atoms with Crippen LogP contribution in [0.1, 0.15) is 149 Å². The number of esters is 2. The van der Waals surface area contributed by atoms with Gasteiger partial charge in [-0.1, -0.05) is 97.1 Å². The van der Waals surface area contributed by atoms with Crippen molar-refractivity contribution in [3.63, 3.8) is 0 Å². The molecule has 2 aromatic heterocycles. The number of aliphatic hydroxyl groups excluding tert-OH is 1. The molecule has 22 heteroatoms. The zero-order chi connectivity index (χ0) is 73.6. The van der Waals surface area contributed by atoms with Crippen molar-refractivity contribution in [3.05, 3.63) is 328 Å². The fourth-order valence-electron chi connectivity index (χ4n) is 9.18. The predicted molar refractivity (Wildman–Crippen MR) is 373 cm³/mol. The van der Waals surface area contributed by atoms with Gasteiger partial charge in [0.1, 0.15) is 18.3 Å².